The first-order valence-electron chi connectivity index (χ1n) is 9.21. The van der Waals surface area contributed by atoms with Gasteiger partial charge in [0.05, 0.1) is 36.7 Å². The number of nitrogens with zero attached hydrogens (tertiary/aromatic N) is 2. The summed E-state index contributed by atoms with van der Waals surface area (Å²) in [6.07, 6.45) is 5.68. The average Bonchev–Trinajstić information content (AvgIpc) is 3.11. The molecule has 0 unspecified atom stereocenters. The fraction of sp³-hybridized carbons (Fsp3) is 0.238. The summed E-state index contributed by atoms with van der Waals surface area (Å²) in [7, 11) is 0. The van der Waals surface area contributed by atoms with Crippen LogP contribution >= 0.6 is 11.6 Å². The van der Waals surface area contributed by atoms with Crippen molar-refractivity contribution in [1.82, 2.24) is 14.9 Å². The van der Waals surface area contributed by atoms with Gasteiger partial charge in [-0.25, -0.2) is 9.37 Å². The van der Waals surface area contributed by atoms with E-state index in [1.165, 1.54) is 12.4 Å². The summed E-state index contributed by atoms with van der Waals surface area (Å²) in [4.78, 5) is 16.3. The predicted molar refractivity (Wildman–Crippen MR) is 106 cm³/mol. The number of amides is 1. The smallest absolute Gasteiger partial charge is 0.224 e. The number of halogens is 2. The van der Waals surface area contributed by atoms with E-state index in [9.17, 15) is 9.18 Å². The van der Waals surface area contributed by atoms with Crippen LogP contribution in [0.5, 0.6) is 11.5 Å². The average molecular weight is 416 g/mol. The number of hydrogen-bond donors (Lipinski definition) is 1. The van der Waals surface area contributed by atoms with Crippen LogP contribution in [-0.4, -0.2) is 28.7 Å². The highest BCUT2D eigenvalue weighted by Crippen LogP contribution is 2.38. The molecule has 0 saturated heterocycles. The summed E-state index contributed by atoms with van der Waals surface area (Å²) in [5.74, 6) is 0.482. The van der Waals surface area contributed by atoms with Gasteiger partial charge in [-0.3, -0.25) is 4.79 Å². The molecule has 2 heterocycles. The van der Waals surface area contributed by atoms with Crippen LogP contribution in [0.1, 0.15) is 17.5 Å². The maximum atomic E-state index is 14.3. The Morgan fingerprint density at radius 2 is 2.07 bits per heavy atom. The van der Waals surface area contributed by atoms with Gasteiger partial charge in [0.25, 0.3) is 0 Å². The van der Waals surface area contributed by atoms with Crippen LogP contribution < -0.4 is 14.8 Å². The number of ether oxygens (including phenoxy) is 2. The van der Waals surface area contributed by atoms with Gasteiger partial charge in [0.15, 0.2) is 11.5 Å². The van der Waals surface area contributed by atoms with Gasteiger partial charge < -0.3 is 19.4 Å². The van der Waals surface area contributed by atoms with Gasteiger partial charge in [-0.2, -0.15) is 0 Å². The van der Waals surface area contributed by atoms with Crippen molar-refractivity contribution in [1.29, 1.82) is 0 Å². The Bertz CT molecular complexity index is 1020. The van der Waals surface area contributed by atoms with Gasteiger partial charge in [0.2, 0.25) is 5.91 Å². The fourth-order valence-electron chi connectivity index (χ4n) is 3.11. The molecule has 1 aliphatic heterocycles. The standard InChI is InChI=1S/C21H19ClFN3O3/c22-16-8-15(10-19-21(16)29-7-1-6-28-19)11-20(27)25-12-14-2-3-18(17(23)9-14)26-5-4-24-13-26/h2-5,8-10,13H,1,6-7,11-12H2,(H,25,27). The largest absolute Gasteiger partial charge is 0.489 e. The summed E-state index contributed by atoms with van der Waals surface area (Å²) < 4.78 is 27.1. The van der Waals surface area contributed by atoms with E-state index >= 15 is 0 Å². The van der Waals surface area contributed by atoms with E-state index in [1.807, 2.05) is 0 Å². The van der Waals surface area contributed by atoms with E-state index in [1.54, 1.807) is 41.2 Å². The molecule has 150 valence electrons. The van der Waals surface area contributed by atoms with E-state index in [0.29, 0.717) is 41.0 Å². The second kappa shape index (κ2) is 8.53. The van der Waals surface area contributed by atoms with Gasteiger partial charge in [0, 0.05) is 25.4 Å². The zero-order valence-electron chi connectivity index (χ0n) is 15.5. The Morgan fingerprint density at radius 3 is 2.86 bits per heavy atom. The van der Waals surface area contributed by atoms with E-state index in [4.69, 9.17) is 21.1 Å². The highest BCUT2D eigenvalue weighted by Gasteiger charge is 2.17. The second-order valence-corrected chi connectivity index (χ2v) is 7.07. The lowest BCUT2D eigenvalue weighted by molar-refractivity contribution is -0.120. The summed E-state index contributed by atoms with van der Waals surface area (Å²) in [6.45, 7) is 1.31. The van der Waals surface area contributed by atoms with Crippen molar-refractivity contribution in [3.05, 3.63) is 71.0 Å². The highest BCUT2D eigenvalue weighted by atomic mass is 35.5. The van der Waals surface area contributed by atoms with Crippen molar-refractivity contribution in [2.24, 2.45) is 0 Å². The molecule has 29 heavy (non-hydrogen) atoms. The minimum atomic E-state index is -0.385. The molecule has 0 spiro atoms. The molecule has 4 rings (SSSR count). The number of fused-ring (bicyclic) bond motifs is 1. The van der Waals surface area contributed by atoms with E-state index < -0.39 is 0 Å². The molecule has 1 amide bonds. The Balaban J connectivity index is 1.39. The SMILES string of the molecule is O=C(Cc1cc(Cl)c2c(c1)OCCCO2)NCc1ccc(-n2ccnc2)c(F)c1. The Morgan fingerprint density at radius 1 is 1.21 bits per heavy atom. The summed E-state index contributed by atoms with van der Waals surface area (Å²) in [5, 5.41) is 3.22. The van der Waals surface area contributed by atoms with Gasteiger partial charge in [-0.05, 0) is 35.4 Å². The first-order chi connectivity index (χ1) is 14.1. The monoisotopic (exact) mass is 415 g/mol. The molecular weight excluding hydrogens is 397 g/mol. The summed E-state index contributed by atoms with van der Waals surface area (Å²) in [5.41, 5.74) is 1.79. The number of hydrogen-bond acceptors (Lipinski definition) is 4. The van der Waals surface area contributed by atoms with Crippen LogP contribution in [0.25, 0.3) is 5.69 Å². The summed E-state index contributed by atoms with van der Waals surface area (Å²) in [6, 6.07) is 8.30. The first-order valence-corrected chi connectivity index (χ1v) is 9.59. The Kier molecular flexibility index (Phi) is 5.67. The quantitative estimate of drug-likeness (QED) is 0.690. The Labute approximate surface area is 172 Å². The molecule has 1 aromatic heterocycles. The molecule has 2 aromatic carbocycles. The minimum Gasteiger partial charge on any atom is -0.489 e. The summed E-state index contributed by atoms with van der Waals surface area (Å²) >= 11 is 6.27. The van der Waals surface area contributed by atoms with Gasteiger partial charge in [0.1, 0.15) is 5.82 Å². The van der Waals surface area contributed by atoms with Crippen molar-refractivity contribution in [3.63, 3.8) is 0 Å². The lowest BCUT2D eigenvalue weighted by Crippen LogP contribution is -2.24. The zero-order chi connectivity index (χ0) is 20.2. The molecule has 0 saturated carbocycles. The van der Waals surface area contributed by atoms with Crippen molar-refractivity contribution in [2.75, 3.05) is 13.2 Å². The van der Waals surface area contributed by atoms with Crippen LogP contribution in [0.3, 0.4) is 0 Å². The number of benzene rings is 2. The Hall–Kier alpha value is -3.06. The van der Waals surface area contributed by atoms with Crippen molar-refractivity contribution in [3.8, 4) is 17.2 Å². The van der Waals surface area contributed by atoms with Crippen LogP contribution in [-0.2, 0) is 17.8 Å². The lowest BCUT2D eigenvalue weighted by atomic mass is 10.1. The molecule has 0 radical (unpaired) electrons. The molecule has 6 nitrogen and oxygen atoms in total. The third-order valence-corrected chi connectivity index (χ3v) is 4.79. The number of nitrogens with one attached hydrogen (secondary N) is 1. The topological polar surface area (TPSA) is 65.4 Å². The molecule has 0 fully saturated rings. The highest BCUT2D eigenvalue weighted by molar-refractivity contribution is 6.32. The van der Waals surface area contributed by atoms with Crippen molar-refractivity contribution >= 4 is 17.5 Å². The molecular formula is C21H19ClFN3O3. The van der Waals surface area contributed by atoms with Gasteiger partial charge in [-0.1, -0.05) is 17.7 Å². The predicted octanol–water partition coefficient (Wildman–Crippen LogP) is 3.69. The molecule has 8 heteroatoms. The fourth-order valence-corrected chi connectivity index (χ4v) is 3.39. The lowest BCUT2D eigenvalue weighted by Gasteiger charge is -2.12. The molecule has 0 atom stereocenters. The minimum absolute atomic E-state index is 0.131. The number of rotatable bonds is 5. The van der Waals surface area contributed by atoms with Crippen LogP contribution in [0, 0.1) is 5.82 Å². The van der Waals surface area contributed by atoms with Gasteiger partial charge >= 0.3 is 0 Å². The normalized spacial score (nSPS) is 13.0. The first kappa shape index (κ1) is 19.3. The maximum absolute atomic E-state index is 14.3. The van der Waals surface area contributed by atoms with Crippen LogP contribution in [0.15, 0.2) is 49.1 Å². The molecule has 1 N–H and O–H groups in total. The second-order valence-electron chi connectivity index (χ2n) is 6.66. The maximum Gasteiger partial charge on any atom is 0.224 e. The third-order valence-electron chi connectivity index (χ3n) is 4.51. The zero-order valence-corrected chi connectivity index (χ0v) is 16.3. The van der Waals surface area contributed by atoms with E-state index in [2.05, 4.69) is 10.3 Å². The molecule has 3 aromatic rings. The number of carbonyl (C=O) groups is 1. The van der Waals surface area contributed by atoms with Crippen LogP contribution in [0.2, 0.25) is 5.02 Å². The molecule has 0 aliphatic carbocycles. The van der Waals surface area contributed by atoms with E-state index in [0.717, 1.165) is 12.0 Å². The molecule has 0 bridgehead atoms. The number of carbonyl (C=O) groups excluding carboxylic acids is 1. The van der Waals surface area contributed by atoms with Crippen molar-refractivity contribution in [2.45, 2.75) is 19.4 Å². The van der Waals surface area contributed by atoms with E-state index in [-0.39, 0.29) is 24.7 Å². The van der Waals surface area contributed by atoms with Gasteiger partial charge in [-0.15, -0.1) is 0 Å². The molecule has 1 aliphatic rings. The third kappa shape index (κ3) is 4.51. The number of aromatic nitrogens is 2. The van der Waals surface area contributed by atoms with Crippen molar-refractivity contribution < 1.29 is 18.7 Å². The van der Waals surface area contributed by atoms with Crippen LogP contribution in [0.4, 0.5) is 4.39 Å². The number of imidazole rings is 1.